The Bertz CT molecular complexity index is 906. The lowest BCUT2D eigenvalue weighted by atomic mass is 10.1. The van der Waals surface area contributed by atoms with Crippen LogP contribution in [0.1, 0.15) is 72.2 Å². The quantitative estimate of drug-likeness (QED) is 0.622. The van der Waals surface area contributed by atoms with Crippen LogP contribution in [-0.4, -0.2) is 31.1 Å². The lowest BCUT2D eigenvalue weighted by molar-refractivity contribution is 0.0936. The zero-order valence-corrected chi connectivity index (χ0v) is 18.6. The number of benzene rings is 2. The Morgan fingerprint density at radius 2 is 1.77 bits per heavy atom. The number of rotatable bonds is 9. The van der Waals surface area contributed by atoms with E-state index in [2.05, 4.69) is 10.6 Å². The molecule has 1 atom stereocenters. The molecule has 6 nitrogen and oxygen atoms in total. The first kappa shape index (κ1) is 22.7. The van der Waals surface area contributed by atoms with Crippen LogP contribution in [0.2, 0.25) is 0 Å². The van der Waals surface area contributed by atoms with Crippen molar-refractivity contribution in [1.29, 1.82) is 0 Å². The van der Waals surface area contributed by atoms with Gasteiger partial charge in [0.2, 0.25) is 0 Å². The molecule has 2 amide bonds. The van der Waals surface area contributed by atoms with Crippen LogP contribution in [0.15, 0.2) is 42.5 Å². The fourth-order valence-corrected chi connectivity index (χ4v) is 3.61. The number of nitrogens with one attached hydrogen (secondary N) is 2. The van der Waals surface area contributed by atoms with E-state index in [9.17, 15) is 9.59 Å². The van der Waals surface area contributed by atoms with Gasteiger partial charge in [0.05, 0.1) is 13.2 Å². The van der Waals surface area contributed by atoms with Gasteiger partial charge < -0.3 is 20.1 Å². The molecule has 0 heterocycles. The van der Waals surface area contributed by atoms with Crippen LogP contribution in [0.3, 0.4) is 0 Å². The van der Waals surface area contributed by atoms with Gasteiger partial charge in [0.25, 0.3) is 11.8 Å². The van der Waals surface area contributed by atoms with Crippen molar-refractivity contribution in [2.45, 2.75) is 64.6 Å². The van der Waals surface area contributed by atoms with Crippen molar-refractivity contribution in [2.24, 2.45) is 0 Å². The molecule has 2 aromatic rings. The summed E-state index contributed by atoms with van der Waals surface area (Å²) in [6, 6.07) is 12.7. The average Bonchev–Trinajstić information content (AvgIpc) is 3.30. The third kappa shape index (κ3) is 6.23. The number of amides is 2. The van der Waals surface area contributed by atoms with E-state index in [1.165, 1.54) is 12.8 Å². The zero-order chi connectivity index (χ0) is 22.2. The molecule has 31 heavy (non-hydrogen) atoms. The molecule has 3 rings (SSSR count). The van der Waals surface area contributed by atoms with E-state index in [0.717, 1.165) is 24.8 Å². The van der Waals surface area contributed by atoms with Gasteiger partial charge in [0, 0.05) is 23.7 Å². The highest BCUT2D eigenvalue weighted by Crippen LogP contribution is 2.32. The number of ether oxygens (including phenoxy) is 2. The second-order valence-corrected chi connectivity index (χ2v) is 8.06. The fraction of sp³-hybridized carbons (Fsp3) is 0.440. The molecule has 1 saturated carbocycles. The second kappa shape index (κ2) is 10.8. The monoisotopic (exact) mass is 424 g/mol. The Hall–Kier alpha value is -3.02. The number of hydrogen-bond acceptors (Lipinski definition) is 4. The number of hydrogen-bond donors (Lipinski definition) is 2. The van der Waals surface area contributed by atoms with Gasteiger partial charge in [-0.15, -0.1) is 0 Å². The summed E-state index contributed by atoms with van der Waals surface area (Å²) in [7, 11) is 1.58. The largest absolute Gasteiger partial charge is 0.493 e. The summed E-state index contributed by atoms with van der Waals surface area (Å²) >= 11 is 0. The maximum absolute atomic E-state index is 12.7. The van der Waals surface area contributed by atoms with Crippen LogP contribution < -0.4 is 20.1 Å². The number of carbonyl (C=O) groups is 2. The molecule has 2 N–H and O–H groups in total. The Kier molecular flexibility index (Phi) is 7.93. The zero-order valence-electron chi connectivity index (χ0n) is 18.6. The Morgan fingerprint density at radius 1 is 1.03 bits per heavy atom. The van der Waals surface area contributed by atoms with Crippen molar-refractivity contribution in [3.8, 4) is 11.5 Å². The molecule has 0 spiro atoms. The summed E-state index contributed by atoms with van der Waals surface area (Å²) in [5.74, 6) is 0.916. The van der Waals surface area contributed by atoms with Crippen LogP contribution in [0.25, 0.3) is 0 Å². The molecule has 1 aliphatic rings. The first-order valence-corrected chi connectivity index (χ1v) is 11.0. The second-order valence-electron chi connectivity index (χ2n) is 8.06. The summed E-state index contributed by atoms with van der Waals surface area (Å²) in [4.78, 5) is 25.0. The third-order valence-electron chi connectivity index (χ3n) is 5.65. The predicted octanol–water partition coefficient (Wildman–Crippen LogP) is 4.47. The normalized spacial score (nSPS) is 14.7. The van der Waals surface area contributed by atoms with Gasteiger partial charge in [-0.3, -0.25) is 9.59 Å². The Balaban J connectivity index is 1.61. The summed E-state index contributed by atoms with van der Waals surface area (Å²) in [6.45, 7) is 4.32. The molecular formula is C25H32N2O4. The van der Waals surface area contributed by atoms with Gasteiger partial charge in [0.15, 0.2) is 11.5 Å². The minimum atomic E-state index is -0.208. The molecule has 2 aromatic carbocycles. The molecule has 0 aromatic heterocycles. The molecule has 0 aliphatic heterocycles. The van der Waals surface area contributed by atoms with E-state index in [-0.39, 0.29) is 24.0 Å². The van der Waals surface area contributed by atoms with Crippen molar-refractivity contribution < 1.29 is 19.1 Å². The highest BCUT2D eigenvalue weighted by atomic mass is 16.5. The summed E-state index contributed by atoms with van der Waals surface area (Å²) < 4.78 is 11.5. The topological polar surface area (TPSA) is 76.7 Å². The molecule has 0 saturated heterocycles. The highest BCUT2D eigenvalue weighted by Gasteiger charge is 2.19. The SMILES string of the molecule is CCC(C)NC(=O)c1cccc(CNC(=O)c2ccc(OC3CCCC3)c(OC)c2)c1. The van der Waals surface area contributed by atoms with Crippen LogP contribution in [0.5, 0.6) is 11.5 Å². The van der Waals surface area contributed by atoms with E-state index >= 15 is 0 Å². The van der Waals surface area contributed by atoms with Crippen molar-refractivity contribution in [2.75, 3.05) is 7.11 Å². The van der Waals surface area contributed by atoms with Gasteiger partial charge >= 0.3 is 0 Å². The maximum Gasteiger partial charge on any atom is 0.251 e. The van der Waals surface area contributed by atoms with E-state index in [1.54, 1.807) is 37.4 Å². The van der Waals surface area contributed by atoms with Crippen molar-refractivity contribution >= 4 is 11.8 Å². The predicted molar refractivity (Wildman–Crippen MR) is 121 cm³/mol. The molecular weight excluding hydrogens is 392 g/mol. The minimum Gasteiger partial charge on any atom is -0.493 e. The first-order valence-electron chi connectivity index (χ1n) is 11.0. The van der Waals surface area contributed by atoms with Gasteiger partial charge in [0.1, 0.15) is 0 Å². The average molecular weight is 425 g/mol. The van der Waals surface area contributed by atoms with E-state index in [1.807, 2.05) is 26.0 Å². The van der Waals surface area contributed by atoms with E-state index in [4.69, 9.17) is 9.47 Å². The standard InChI is InChI=1S/C25H32N2O4/c1-4-17(2)27-25(29)19-9-7-8-18(14-19)16-26-24(28)20-12-13-22(23(15-20)30-3)31-21-10-5-6-11-21/h7-9,12-15,17,21H,4-6,10-11,16H2,1-3H3,(H,26,28)(H,27,29). The third-order valence-corrected chi connectivity index (χ3v) is 5.65. The Labute approximate surface area is 184 Å². The lowest BCUT2D eigenvalue weighted by Crippen LogP contribution is -2.32. The van der Waals surface area contributed by atoms with Gasteiger partial charge in [-0.25, -0.2) is 0 Å². The molecule has 1 aliphatic carbocycles. The van der Waals surface area contributed by atoms with Gasteiger partial charge in [-0.2, -0.15) is 0 Å². The van der Waals surface area contributed by atoms with E-state index < -0.39 is 0 Å². The molecule has 6 heteroatoms. The van der Waals surface area contributed by atoms with Crippen molar-refractivity contribution in [3.63, 3.8) is 0 Å². The van der Waals surface area contributed by atoms with Crippen molar-refractivity contribution in [1.82, 2.24) is 10.6 Å². The summed E-state index contributed by atoms with van der Waals surface area (Å²) in [6.07, 6.45) is 5.58. The molecule has 1 fully saturated rings. The molecule has 0 bridgehead atoms. The first-order chi connectivity index (χ1) is 15.0. The number of methoxy groups -OCH3 is 1. The van der Waals surface area contributed by atoms with Gasteiger partial charge in [-0.05, 0) is 74.9 Å². The summed E-state index contributed by atoms with van der Waals surface area (Å²) in [5.41, 5.74) is 1.95. The minimum absolute atomic E-state index is 0.106. The fourth-order valence-electron chi connectivity index (χ4n) is 3.61. The van der Waals surface area contributed by atoms with Crippen LogP contribution in [0.4, 0.5) is 0 Å². The molecule has 166 valence electrons. The van der Waals surface area contributed by atoms with Crippen LogP contribution in [-0.2, 0) is 6.54 Å². The maximum atomic E-state index is 12.7. The highest BCUT2D eigenvalue weighted by molar-refractivity contribution is 5.95. The lowest BCUT2D eigenvalue weighted by Gasteiger charge is -2.16. The van der Waals surface area contributed by atoms with Crippen LogP contribution in [0, 0.1) is 0 Å². The smallest absolute Gasteiger partial charge is 0.251 e. The van der Waals surface area contributed by atoms with Crippen molar-refractivity contribution in [3.05, 3.63) is 59.2 Å². The van der Waals surface area contributed by atoms with E-state index in [0.29, 0.717) is 29.2 Å². The Morgan fingerprint density at radius 3 is 2.48 bits per heavy atom. The molecule has 1 unspecified atom stereocenters. The molecule has 0 radical (unpaired) electrons. The van der Waals surface area contributed by atoms with Crippen LogP contribution >= 0.6 is 0 Å². The van der Waals surface area contributed by atoms with Gasteiger partial charge in [-0.1, -0.05) is 19.1 Å². The number of carbonyl (C=O) groups excluding carboxylic acids is 2. The summed E-state index contributed by atoms with van der Waals surface area (Å²) in [5, 5.41) is 5.87.